The molecule has 1 aliphatic rings. The highest BCUT2D eigenvalue weighted by molar-refractivity contribution is 5.77. The molecule has 144 valence electrons. The first-order chi connectivity index (χ1) is 13.2. The number of likely N-dealkylation sites (N-methyl/N-ethyl adjacent to an activating group) is 1. The summed E-state index contributed by atoms with van der Waals surface area (Å²) in [5.41, 5.74) is 1.20. The van der Waals surface area contributed by atoms with E-state index in [1.807, 2.05) is 30.0 Å². The summed E-state index contributed by atoms with van der Waals surface area (Å²) in [5, 5.41) is 0. The third-order valence-electron chi connectivity index (χ3n) is 4.66. The zero-order valence-electron chi connectivity index (χ0n) is 16.1. The molecule has 2 heterocycles. The highest BCUT2D eigenvalue weighted by Gasteiger charge is 2.24. The lowest BCUT2D eigenvalue weighted by molar-refractivity contribution is -0.885. The third kappa shape index (κ3) is 5.40. The molecule has 7 nitrogen and oxygen atoms in total. The number of carbonyl (C=O) groups is 1. The van der Waals surface area contributed by atoms with Gasteiger partial charge in [-0.1, -0.05) is 0 Å². The van der Waals surface area contributed by atoms with Crippen LogP contribution in [-0.4, -0.2) is 67.2 Å². The number of carbonyl (C=O) groups excluding carboxylic acids is 1. The minimum absolute atomic E-state index is 0.201. The maximum atomic E-state index is 12.6. The molecule has 1 aliphatic heterocycles. The molecule has 7 heteroatoms. The van der Waals surface area contributed by atoms with E-state index in [-0.39, 0.29) is 5.91 Å². The highest BCUT2D eigenvalue weighted by atomic mass is 16.5. The van der Waals surface area contributed by atoms with Crippen molar-refractivity contribution < 1.29 is 14.4 Å². The number of amides is 1. The number of piperazine rings is 1. The second-order valence-corrected chi connectivity index (χ2v) is 6.80. The van der Waals surface area contributed by atoms with Crippen LogP contribution in [0, 0.1) is 0 Å². The normalized spacial score (nSPS) is 15.5. The first-order valence-electron chi connectivity index (χ1n) is 9.48. The topological polar surface area (TPSA) is 63.0 Å². The Balaban J connectivity index is 1.44. The van der Waals surface area contributed by atoms with E-state index in [0.717, 1.165) is 31.3 Å². The van der Waals surface area contributed by atoms with Gasteiger partial charge in [0.05, 0.1) is 13.7 Å². The monoisotopic (exact) mass is 370 g/mol. The van der Waals surface area contributed by atoms with Gasteiger partial charge < -0.3 is 19.4 Å². The highest BCUT2D eigenvalue weighted by Crippen LogP contribution is 2.11. The number of anilines is 1. The van der Waals surface area contributed by atoms with Gasteiger partial charge in [0.1, 0.15) is 12.3 Å². The molecule has 1 atom stereocenters. The Hall–Kier alpha value is -2.67. The molecule has 0 radical (unpaired) electrons. The maximum absolute atomic E-state index is 12.6. The molecular formula is C20H28N5O2+. The Morgan fingerprint density at radius 2 is 1.78 bits per heavy atom. The van der Waals surface area contributed by atoms with Crippen molar-refractivity contribution in [3.63, 3.8) is 0 Å². The van der Waals surface area contributed by atoms with Crippen molar-refractivity contribution in [2.75, 3.05) is 51.3 Å². The van der Waals surface area contributed by atoms with Gasteiger partial charge in [-0.15, -0.1) is 0 Å². The van der Waals surface area contributed by atoms with Crippen molar-refractivity contribution in [1.29, 1.82) is 0 Å². The summed E-state index contributed by atoms with van der Waals surface area (Å²) < 4.78 is 5.47. The lowest BCUT2D eigenvalue weighted by Crippen LogP contribution is -3.09. The molecule has 27 heavy (non-hydrogen) atoms. The van der Waals surface area contributed by atoms with Gasteiger partial charge in [-0.2, -0.15) is 0 Å². The fraction of sp³-hybridized carbons (Fsp3) is 0.450. The number of hydrogen-bond acceptors (Lipinski definition) is 5. The fourth-order valence-electron chi connectivity index (χ4n) is 3.26. The van der Waals surface area contributed by atoms with E-state index in [1.165, 1.54) is 10.5 Å². The van der Waals surface area contributed by atoms with Crippen molar-refractivity contribution in [2.24, 2.45) is 0 Å². The van der Waals surface area contributed by atoms with Gasteiger partial charge in [-0.3, -0.25) is 4.79 Å². The molecule has 1 aromatic carbocycles. The average Bonchev–Trinajstić information content (AvgIpc) is 2.70. The van der Waals surface area contributed by atoms with Gasteiger partial charge in [-0.05, 0) is 37.3 Å². The molecule has 0 bridgehead atoms. The molecule has 1 aromatic heterocycles. The summed E-state index contributed by atoms with van der Waals surface area (Å²) in [4.78, 5) is 26.4. The lowest BCUT2D eigenvalue weighted by Gasteiger charge is -2.34. The molecule has 1 N–H and O–H groups in total. The molecule has 3 rings (SSSR count). The minimum atomic E-state index is 0.201. The largest absolute Gasteiger partial charge is 0.494 e. The zero-order chi connectivity index (χ0) is 19.1. The van der Waals surface area contributed by atoms with Crippen LogP contribution in [0.5, 0.6) is 5.75 Å². The first kappa shape index (κ1) is 19.1. The standard InChI is InChI=1S/C20H27N5O2/c1-3-27-18-7-5-17(6-8-18)15-23(2)16-19(26)24-11-13-25(14-12-24)20-21-9-4-10-22-20/h4-10H,3,11-16H2,1-2H3/p+1. The van der Waals surface area contributed by atoms with Crippen molar-refractivity contribution >= 4 is 11.9 Å². The summed E-state index contributed by atoms with van der Waals surface area (Å²) in [6.45, 7) is 6.93. The second-order valence-electron chi connectivity index (χ2n) is 6.80. The third-order valence-corrected chi connectivity index (χ3v) is 4.66. The summed E-state index contributed by atoms with van der Waals surface area (Å²) >= 11 is 0. The molecule has 0 saturated carbocycles. The van der Waals surface area contributed by atoms with E-state index < -0.39 is 0 Å². The Bertz CT molecular complexity index is 715. The molecule has 2 aromatic rings. The van der Waals surface area contributed by atoms with Crippen LogP contribution in [0.25, 0.3) is 0 Å². The van der Waals surface area contributed by atoms with Crippen molar-refractivity contribution in [2.45, 2.75) is 13.5 Å². The van der Waals surface area contributed by atoms with Crippen LogP contribution in [0.15, 0.2) is 42.7 Å². The van der Waals surface area contributed by atoms with Gasteiger partial charge in [-0.25, -0.2) is 9.97 Å². The first-order valence-corrected chi connectivity index (χ1v) is 9.48. The van der Waals surface area contributed by atoms with Gasteiger partial charge in [0.25, 0.3) is 5.91 Å². The molecule has 1 unspecified atom stereocenters. The lowest BCUT2D eigenvalue weighted by atomic mass is 10.2. The van der Waals surface area contributed by atoms with Crippen LogP contribution in [0.1, 0.15) is 12.5 Å². The predicted molar refractivity (Wildman–Crippen MR) is 104 cm³/mol. The smallest absolute Gasteiger partial charge is 0.277 e. The Labute approximate surface area is 160 Å². The van der Waals surface area contributed by atoms with Gasteiger partial charge >= 0.3 is 0 Å². The quantitative estimate of drug-likeness (QED) is 0.757. The summed E-state index contributed by atoms with van der Waals surface area (Å²) in [6.07, 6.45) is 3.50. The zero-order valence-corrected chi connectivity index (χ0v) is 16.1. The second kappa shape index (κ2) is 9.32. The number of ether oxygens (including phenoxy) is 1. The van der Waals surface area contributed by atoms with Crippen LogP contribution in [0.4, 0.5) is 5.95 Å². The van der Waals surface area contributed by atoms with E-state index in [2.05, 4.69) is 34.0 Å². The Morgan fingerprint density at radius 1 is 1.11 bits per heavy atom. The van der Waals surface area contributed by atoms with Gasteiger partial charge in [0.2, 0.25) is 5.95 Å². The van der Waals surface area contributed by atoms with Gasteiger partial charge in [0, 0.05) is 44.1 Å². The van der Waals surface area contributed by atoms with Crippen LogP contribution in [-0.2, 0) is 11.3 Å². The van der Waals surface area contributed by atoms with E-state index in [9.17, 15) is 4.79 Å². The number of hydrogen-bond donors (Lipinski definition) is 1. The van der Waals surface area contributed by atoms with E-state index in [4.69, 9.17) is 4.74 Å². The molecule has 0 spiro atoms. The number of quaternary nitrogens is 1. The summed E-state index contributed by atoms with van der Waals surface area (Å²) in [5.74, 6) is 1.82. The fourth-order valence-corrected chi connectivity index (χ4v) is 3.26. The number of aromatic nitrogens is 2. The minimum Gasteiger partial charge on any atom is -0.494 e. The van der Waals surface area contributed by atoms with Crippen LogP contribution >= 0.6 is 0 Å². The van der Waals surface area contributed by atoms with Crippen molar-refractivity contribution in [3.05, 3.63) is 48.3 Å². The molecule has 0 aliphatic carbocycles. The van der Waals surface area contributed by atoms with Gasteiger partial charge in [0.15, 0.2) is 6.54 Å². The van der Waals surface area contributed by atoms with E-state index in [1.54, 1.807) is 12.4 Å². The molecule has 1 saturated heterocycles. The number of benzene rings is 1. The summed E-state index contributed by atoms with van der Waals surface area (Å²) in [7, 11) is 2.06. The van der Waals surface area contributed by atoms with Crippen LogP contribution in [0.2, 0.25) is 0 Å². The van der Waals surface area contributed by atoms with Crippen LogP contribution in [0.3, 0.4) is 0 Å². The van der Waals surface area contributed by atoms with Crippen molar-refractivity contribution in [1.82, 2.24) is 14.9 Å². The predicted octanol–water partition coefficient (Wildman–Crippen LogP) is 0.239. The SMILES string of the molecule is CCOc1ccc(C[NH+](C)CC(=O)N2CCN(c3ncccn3)CC2)cc1. The van der Waals surface area contributed by atoms with E-state index >= 15 is 0 Å². The van der Waals surface area contributed by atoms with Crippen molar-refractivity contribution in [3.8, 4) is 5.75 Å². The number of nitrogens with zero attached hydrogens (tertiary/aromatic N) is 4. The summed E-state index contributed by atoms with van der Waals surface area (Å²) in [6, 6.07) is 9.92. The Kier molecular flexibility index (Phi) is 6.59. The Morgan fingerprint density at radius 3 is 2.41 bits per heavy atom. The maximum Gasteiger partial charge on any atom is 0.277 e. The van der Waals surface area contributed by atoms with Crippen LogP contribution < -0.4 is 14.5 Å². The molecule has 1 amide bonds. The number of rotatable bonds is 7. The molecule has 1 fully saturated rings. The molecular weight excluding hydrogens is 342 g/mol. The number of nitrogens with one attached hydrogen (secondary N) is 1. The average molecular weight is 370 g/mol. The van der Waals surface area contributed by atoms with E-state index in [0.29, 0.717) is 26.2 Å².